The van der Waals surface area contributed by atoms with Gasteiger partial charge < -0.3 is 0 Å². The van der Waals surface area contributed by atoms with E-state index in [1.807, 2.05) is 19.9 Å². The van der Waals surface area contributed by atoms with Crippen LogP contribution in [-0.4, -0.2) is 26.3 Å². The second-order valence-corrected chi connectivity index (χ2v) is 8.08. The Bertz CT molecular complexity index is 560. The molecule has 0 atom stereocenters. The van der Waals surface area contributed by atoms with Crippen LogP contribution in [0.15, 0.2) is 23.1 Å². The average Bonchev–Trinajstić information content (AvgIpc) is 2.42. The lowest BCUT2D eigenvalue weighted by Gasteiger charge is -2.26. The van der Waals surface area contributed by atoms with E-state index < -0.39 is 10.0 Å². The van der Waals surface area contributed by atoms with E-state index in [0.717, 1.165) is 24.0 Å². The topological polar surface area (TPSA) is 37.4 Å². The van der Waals surface area contributed by atoms with E-state index in [1.165, 1.54) is 23.6 Å². The van der Waals surface area contributed by atoms with Crippen LogP contribution in [0.1, 0.15) is 43.2 Å². The van der Waals surface area contributed by atoms with Gasteiger partial charge in [0.1, 0.15) is 0 Å². The van der Waals surface area contributed by atoms with E-state index >= 15 is 0 Å². The molecule has 1 fully saturated rings. The van der Waals surface area contributed by atoms with Crippen LogP contribution in [0.2, 0.25) is 0 Å². The van der Waals surface area contributed by atoms with Crippen LogP contribution >= 0.6 is 0 Å². The van der Waals surface area contributed by atoms with Crippen molar-refractivity contribution < 1.29 is 8.42 Å². The van der Waals surface area contributed by atoms with Crippen LogP contribution in [0, 0.1) is 19.8 Å². The molecular weight excluding hydrogens is 270 g/mol. The molecule has 0 radical (unpaired) electrons. The first kappa shape index (κ1) is 15.5. The fraction of sp³-hybridized carbons (Fsp3) is 0.625. The summed E-state index contributed by atoms with van der Waals surface area (Å²) >= 11 is 0. The molecule has 1 aromatic carbocycles. The van der Waals surface area contributed by atoms with Crippen LogP contribution in [0.25, 0.3) is 0 Å². The molecule has 0 bridgehead atoms. The minimum atomic E-state index is -3.34. The number of benzene rings is 1. The Morgan fingerprint density at radius 3 is 2.35 bits per heavy atom. The maximum Gasteiger partial charge on any atom is 0.242 e. The molecule has 1 aromatic rings. The molecule has 112 valence electrons. The molecule has 0 amide bonds. The minimum absolute atomic E-state index is 0.416. The first-order valence-corrected chi connectivity index (χ1v) is 8.89. The van der Waals surface area contributed by atoms with Crippen molar-refractivity contribution >= 4 is 10.0 Å². The summed E-state index contributed by atoms with van der Waals surface area (Å²) in [5.74, 6) is 0.523. The van der Waals surface area contributed by atoms with E-state index in [2.05, 4.69) is 0 Å². The van der Waals surface area contributed by atoms with Gasteiger partial charge in [0.15, 0.2) is 0 Å². The summed E-state index contributed by atoms with van der Waals surface area (Å²) in [5, 5.41) is 0. The summed E-state index contributed by atoms with van der Waals surface area (Å²) in [7, 11) is -1.64. The first-order valence-electron chi connectivity index (χ1n) is 7.45. The minimum Gasteiger partial charge on any atom is -0.207 e. The number of aryl methyl sites for hydroxylation is 2. The molecule has 0 saturated heterocycles. The standard InChI is InChI=1S/C16H25NO2S/c1-13-9-10-16(11-14(13)2)20(18,19)17(3)12-15-7-5-4-6-8-15/h9-11,15H,4-8,12H2,1-3H3. The van der Waals surface area contributed by atoms with Crippen molar-refractivity contribution in [2.24, 2.45) is 5.92 Å². The average molecular weight is 295 g/mol. The van der Waals surface area contributed by atoms with Crippen LogP contribution in [-0.2, 0) is 10.0 Å². The summed E-state index contributed by atoms with van der Waals surface area (Å²) in [4.78, 5) is 0.416. The highest BCUT2D eigenvalue weighted by atomic mass is 32.2. The van der Waals surface area contributed by atoms with Gasteiger partial charge in [-0.05, 0) is 55.9 Å². The summed E-state index contributed by atoms with van der Waals surface area (Å²) < 4.78 is 26.7. The van der Waals surface area contributed by atoms with Crippen molar-refractivity contribution in [3.8, 4) is 0 Å². The van der Waals surface area contributed by atoms with Crippen LogP contribution in [0.5, 0.6) is 0 Å². The molecule has 0 unspecified atom stereocenters. The Hall–Kier alpha value is -0.870. The van der Waals surface area contributed by atoms with Gasteiger partial charge in [-0.15, -0.1) is 0 Å². The van der Waals surface area contributed by atoms with Crippen LogP contribution in [0.4, 0.5) is 0 Å². The summed E-state index contributed by atoms with van der Waals surface area (Å²) in [6.45, 7) is 4.60. The molecule has 1 aliphatic rings. The highest BCUT2D eigenvalue weighted by molar-refractivity contribution is 7.89. The molecular formula is C16H25NO2S. The fourth-order valence-electron chi connectivity index (χ4n) is 2.89. The fourth-order valence-corrected chi connectivity index (χ4v) is 4.22. The number of nitrogens with zero attached hydrogens (tertiary/aromatic N) is 1. The van der Waals surface area contributed by atoms with Crippen molar-refractivity contribution in [3.05, 3.63) is 29.3 Å². The highest BCUT2D eigenvalue weighted by Gasteiger charge is 2.24. The van der Waals surface area contributed by atoms with Gasteiger partial charge >= 0.3 is 0 Å². The van der Waals surface area contributed by atoms with Crippen LogP contribution in [0.3, 0.4) is 0 Å². The Labute approximate surface area is 123 Å². The number of hydrogen-bond donors (Lipinski definition) is 0. The van der Waals surface area contributed by atoms with Gasteiger partial charge in [0.05, 0.1) is 4.90 Å². The van der Waals surface area contributed by atoms with Gasteiger partial charge in [-0.2, -0.15) is 0 Å². The van der Waals surface area contributed by atoms with Crippen molar-refractivity contribution in [2.45, 2.75) is 50.8 Å². The summed E-state index contributed by atoms with van der Waals surface area (Å²) in [6, 6.07) is 5.38. The molecule has 0 aliphatic heterocycles. The van der Waals surface area contributed by atoms with E-state index in [9.17, 15) is 8.42 Å². The molecule has 4 heteroatoms. The molecule has 1 aliphatic carbocycles. The molecule has 0 N–H and O–H groups in total. The second kappa shape index (κ2) is 6.27. The number of sulfonamides is 1. The quantitative estimate of drug-likeness (QED) is 0.852. The number of rotatable bonds is 4. The first-order chi connectivity index (χ1) is 9.41. The highest BCUT2D eigenvalue weighted by Crippen LogP contribution is 2.26. The van der Waals surface area contributed by atoms with Gasteiger partial charge in [-0.3, -0.25) is 0 Å². The molecule has 1 saturated carbocycles. The molecule has 0 heterocycles. The lowest BCUT2D eigenvalue weighted by molar-refractivity contribution is 0.300. The third kappa shape index (κ3) is 3.41. The lowest BCUT2D eigenvalue weighted by Crippen LogP contribution is -2.32. The van der Waals surface area contributed by atoms with E-state index in [1.54, 1.807) is 19.2 Å². The Kier molecular flexibility index (Phi) is 4.86. The Morgan fingerprint density at radius 2 is 1.75 bits per heavy atom. The Morgan fingerprint density at radius 1 is 1.10 bits per heavy atom. The number of hydrogen-bond acceptors (Lipinski definition) is 2. The van der Waals surface area contributed by atoms with Gasteiger partial charge in [-0.25, -0.2) is 12.7 Å². The van der Waals surface area contributed by atoms with Gasteiger partial charge in [0.25, 0.3) is 0 Å². The summed E-state index contributed by atoms with van der Waals surface area (Å²) in [6.07, 6.45) is 6.09. The summed E-state index contributed by atoms with van der Waals surface area (Å²) in [5.41, 5.74) is 2.15. The molecule has 3 nitrogen and oxygen atoms in total. The monoisotopic (exact) mass is 295 g/mol. The largest absolute Gasteiger partial charge is 0.242 e. The Balaban J connectivity index is 2.13. The van der Waals surface area contributed by atoms with Gasteiger partial charge in [0.2, 0.25) is 10.0 Å². The predicted molar refractivity (Wildman–Crippen MR) is 82.3 cm³/mol. The normalized spacial score (nSPS) is 17.6. The SMILES string of the molecule is Cc1ccc(S(=O)(=O)N(C)CC2CCCCC2)cc1C. The van der Waals surface area contributed by atoms with Gasteiger partial charge in [0, 0.05) is 13.6 Å². The van der Waals surface area contributed by atoms with Crippen LogP contribution < -0.4 is 0 Å². The van der Waals surface area contributed by atoms with E-state index in [4.69, 9.17) is 0 Å². The zero-order chi connectivity index (χ0) is 14.8. The third-order valence-electron chi connectivity index (χ3n) is 4.43. The molecule has 0 spiro atoms. The molecule has 20 heavy (non-hydrogen) atoms. The van der Waals surface area contributed by atoms with E-state index in [0.29, 0.717) is 17.4 Å². The maximum atomic E-state index is 12.6. The third-order valence-corrected chi connectivity index (χ3v) is 6.25. The van der Waals surface area contributed by atoms with Crippen molar-refractivity contribution in [1.29, 1.82) is 0 Å². The zero-order valence-electron chi connectivity index (χ0n) is 12.7. The van der Waals surface area contributed by atoms with Crippen molar-refractivity contribution in [1.82, 2.24) is 4.31 Å². The predicted octanol–water partition coefficient (Wildman–Crippen LogP) is 3.50. The zero-order valence-corrected chi connectivity index (χ0v) is 13.5. The maximum absolute atomic E-state index is 12.6. The second-order valence-electron chi connectivity index (χ2n) is 6.04. The van der Waals surface area contributed by atoms with Gasteiger partial charge in [-0.1, -0.05) is 25.3 Å². The molecule has 0 aromatic heterocycles. The lowest BCUT2D eigenvalue weighted by atomic mass is 9.89. The van der Waals surface area contributed by atoms with Crippen molar-refractivity contribution in [3.63, 3.8) is 0 Å². The smallest absolute Gasteiger partial charge is 0.207 e. The van der Waals surface area contributed by atoms with Crippen molar-refractivity contribution in [2.75, 3.05) is 13.6 Å². The van der Waals surface area contributed by atoms with E-state index in [-0.39, 0.29) is 0 Å². The molecule has 2 rings (SSSR count).